The van der Waals surface area contributed by atoms with Crippen molar-refractivity contribution in [1.82, 2.24) is 4.57 Å². The number of rotatable bonds is 2. The van der Waals surface area contributed by atoms with E-state index in [2.05, 4.69) is 10.2 Å². The fourth-order valence-corrected chi connectivity index (χ4v) is 2.28. The van der Waals surface area contributed by atoms with Gasteiger partial charge >= 0.3 is 5.97 Å². The van der Waals surface area contributed by atoms with Gasteiger partial charge in [-0.15, -0.1) is 10.2 Å². The zero-order chi connectivity index (χ0) is 11.5. The van der Waals surface area contributed by atoms with E-state index in [0.29, 0.717) is 4.80 Å². The molecule has 1 N–H and O–H groups in total. The lowest BCUT2D eigenvalue weighted by atomic mass is 10.3. The Balaban J connectivity index is 2.53. The molecule has 5 nitrogen and oxygen atoms in total. The molecule has 0 fully saturated rings. The lowest BCUT2D eigenvalue weighted by Gasteiger charge is -1.92. The summed E-state index contributed by atoms with van der Waals surface area (Å²) in [4.78, 5) is 10.9. The SMILES string of the molecule is Cn1/c(=N\N=C/C(=O)O)sc2ccccc21. The fraction of sp³-hybridized carbons (Fsp3) is 0.100. The van der Waals surface area contributed by atoms with Gasteiger partial charge in [0.25, 0.3) is 0 Å². The van der Waals surface area contributed by atoms with Crippen LogP contribution in [0.4, 0.5) is 0 Å². The number of para-hydroxylation sites is 1. The average Bonchev–Trinajstić information content (AvgIpc) is 2.56. The molecule has 0 bridgehead atoms. The van der Waals surface area contributed by atoms with Crippen LogP contribution in [0.2, 0.25) is 0 Å². The molecule has 1 aromatic carbocycles. The molecule has 0 unspecified atom stereocenters. The molecule has 0 radical (unpaired) electrons. The number of benzene rings is 1. The molecular formula is C10H9N3O2S. The van der Waals surface area contributed by atoms with Crippen LogP contribution in [0.3, 0.4) is 0 Å². The predicted octanol–water partition coefficient (Wildman–Crippen LogP) is 1.21. The maximum Gasteiger partial charge on any atom is 0.348 e. The standard InChI is InChI=1S/C10H9N3O2S/c1-13-7-4-2-3-5-8(7)16-10(13)12-11-6-9(14)15/h2-6H,1H3,(H,14,15)/b11-6-,12-10+. The van der Waals surface area contributed by atoms with Crippen LogP contribution in [0.25, 0.3) is 10.2 Å². The first-order valence-corrected chi connectivity index (χ1v) is 5.34. The smallest absolute Gasteiger partial charge is 0.348 e. The molecule has 2 aromatic rings. The summed E-state index contributed by atoms with van der Waals surface area (Å²) in [5.74, 6) is -1.10. The Labute approximate surface area is 95.0 Å². The third kappa shape index (κ3) is 2.01. The second-order valence-electron chi connectivity index (χ2n) is 3.09. The number of aryl methyl sites for hydroxylation is 1. The van der Waals surface area contributed by atoms with Gasteiger partial charge in [-0.1, -0.05) is 23.5 Å². The molecule has 0 amide bonds. The van der Waals surface area contributed by atoms with E-state index >= 15 is 0 Å². The molecule has 16 heavy (non-hydrogen) atoms. The Bertz CT molecular complexity index is 624. The summed E-state index contributed by atoms with van der Waals surface area (Å²) in [5.41, 5.74) is 1.05. The highest BCUT2D eigenvalue weighted by molar-refractivity contribution is 7.16. The maximum atomic E-state index is 10.2. The minimum absolute atomic E-state index is 0.665. The van der Waals surface area contributed by atoms with Crippen LogP contribution in [0.15, 0.2) is 34.5 Å². The van der Waals surface area contributed by atoms with Gasteiger partial charge in [0.05, 0.1) is 10.2 Å². The average molecular weight is 235 g/mol. The highest BCUT2D eigenvalue weighted by Crippen LogP contribution is 2.14. The number of hydrogen-bond acceptors (Lipinski definition) is 4. The largest absolute Gasteiger partial charge is 0.477 e. The van der Waals surface area contributed by atoms with Gasteiger partial charge in [-0.05, 0) is 12.1 Å². The topological polar surface area (TPSA) is 67.0 Å². The normalized spacial score (nSPS) is 12.7. The third-order valence-electron chi connectivity index (χ3n) is 2.03. The van der Waals surface area contributed by atoms with E-state index < -0.39 is 5.97 Å². The zero-order valence-corrected chi connectivity index (χ0v) is 9.31. The van der Waals surface area contributed by atoms with E-state index in [9.17, 15) is 4.79 Å². The monoisotopic (exact) mass is 235 g/mol. The molecule has 0 saturated carbocycles. The molecule has 1 aromatic heterocycles. The predicted molar refractivity (Wildman–Crippen MR) is 62.5 cm³/mol. The molecule has 0 aliphatic heterocycles. The van der Waals surface area contributed by atoms with Crippen molar-refractivity contribution in [2.24, 2.45) is 17.3 Å². The van der Waals surface area contributed by atoms with Crippen LogP contribution in [-0.2, 0) is 11.8 Å². The van der Waals surface area contributed by atoms with E-state index in [1.807, 2.05) is 35.9 Å². The molecule has 0 aliphatic carbocycles. The zero-order valence-electron chi connectivity index (χ0n) is 8.49. The summed E-state index contributed by atoms with van der Waals surface area (Å²) in [5, 5.41) is 15.7. The van der Waals surface area contributed by atoms with Gasteiger partial charge < -0.3 is 9.67 Å². The summed E-state index contributed by atoms with van der Waals surface area (Å²) < 4.78 is 2.97. The Morgan fingerprint density at radius 1 is 1.50 bits per heavy atom. The Morgan fingerprint density at radius 2 is 2.25 bits per heavy atom. The number of carboxylic acids is 1. The second kappa shape index (κ2) is 4.28. The van der Waals surface area contributed by atoms with E-state index in [-0.39, 0.29) is 0 Å². The summed E-state index contributed by atoms with van der Waals surface area (Å²) in [6, 6.07) is 7.86. The van der Waals surface area contributed by atoms with E-state index in [4.69, 9.17) is 5.11 Å². The highest BCUT2D eigenvalue weighted by Gasteiger charge is 2.00. The quantitative estimate of drug-likeness (QED) is 0.628. The van der Waals surface area contributed by atoms with E-state index in [1.165, 1.54) is 11.3 Å². The molecule has 0 aliphatic rings. The van der Waals surface area contributed by atoms with Gasteiger partial charge in [0.15, 0.2) is 0 Å². The number of fused-ring (bicyclic) bond motifs is 1. The summed E-state index contributed by atoms with van der Waals surface area (Å²) in [7, 11) is 1.87. The number of thiazole rings is 1. The second-order valence-corrected chi connectivity index (χ2v) is 4.10. The van der Waals surface area contributed by atoms with Crippen molar-refractivity contribution in [2.75, 3.05) is 0 Å². The molecular weight excluding hydrogens is 226 g/mol. The van der Waals surface area contributed by atoms with E-state index in [0.717, 1.165) is 16.4 Å². The van der Waals surface area contributed by atoms with Crippen LogP contribution >= 0.6 is 11.3 Å². The minimum Gasteiger partial charge on any atom is -0.477 e. The van der Waals surface area contributed by atoms with Gasteiger partial charge in [0.1, 0.15) is 6.21 Å². The van der Waals surface area contributed by atoms with Gasteiger partial charge in [0, 0.05) is 7.05 Å². The van der Waals surface area contributed by atoms with Crippen molar-refractivity contribution in [2.45, 2.75) is 0 Å². The summed E-state index contributed by atoms with van der Waals surface area (Å²) >= 11 is 1.47. The van der Waals surface area contributed by atoms with Crippen molar-refractivity contribution in [3.05, 3.63) is 29.1 Å². The van der Waals surface area contributed by atoms with Crippen molar-refractivity contribution < 1.29 is 9.90 Å². The lowest BCUT2D eigenvalue weighted by Crippen LogP contribution is -2.09. The van der Waals surface area contributed by atoms with Crippen molar-refractivity contribution in [3.8, 4) is 0 Å². The first-order valence-electron chi connectivity index (χ1n) is 4.53. The maximum absolute atomic E-state index is 10.2. The number of aliphatic carboxylic acids is 1. The van der Waals surface area contributed by atoms with Crippen molar-refractivity contribution in [1.29, 1.82) is 0 Å². The molecule has 0 saturated heterocycles. The first kappa shape index (κ1) is 10.6. The number of carboxylic acid groups (broad SMARTS) is 1. The van der Waals surface area contributed by atoms with Crippen LogP contribution in [0.5, 0.6) is 0 Å². The third-order valence-corrected chi connectivity index (χ3v) is 3.13. The number of nitrogens with zero attached hydrogens (tertiary/aromatic N) is 3. The first-order chi connectivity index (χ1) is 7.68. The van der Waals surface area contributed by atoms with E-state index in [1.54, 1.807) is 0 Å². The highest BCUT2D eigenvalue weighted by atomic mass is 32.1. The number of hydrogen-bond donors (Lipinski definition) is 1. The summed E-state index contributed by atoms with van der Waals surface area (Å²) in [6.07, 6.45) is 0.768. The fourth-order valence-electron chi connectivity index (χ4n) is 1.31. The van der Waals surface area contributed by atoms with Crippen molar-refractivity contribution in [3.63, 3.8) is 0 Å². The molecule has 6 heteroatoms. The van der Waals surface area contributed by atoms with Gasteiger partial charge in [-0.25, -0.2) is 4.79 Å². The molecule has 1 heterocycles. The van der Waals surface area contributed by atoms with Gasteiger partial charge in [0.2, 0.25) is 4.80 Å². The van der Waals surface area contributed by atoms with Crippen LogP contribution < -0.4 is 4.80 Å². The Hall–Kier alpha value is -1.95. The molecule has 0 spiro atoms. The number of aromatic nitrogens is 1. The lowest BCUT2D eigenvalue weighted by molar-refractivity contribution is -0.128. The molecule has 0 atom stereocenters. The minimum atomic E-state index is -1.10. The van der Waals surface area contributed by atoms with Crippen LogP contribution in [-0.4, -0.2) is 21.9 Å². The van der Waals surface area contributed by atoms with Crippen molar-refractivity contribution >= 4 is 33.7 Å². The van der Waals surface area contributed by atoms with Gasteiger partial charge in [-0.2, -0.15) is 0 Å². The van der Waals surface area contributed by atoms with Crippen LogP contribution in [0, 0.1) is 0 Å². The van der Waals surface area contributed by atoms with Gasteiger partial charge in [-0.3, -0.25) is 0 Å². The molecule has 82 valence electrons. The number of carbonyl (C=O) groups is 1. The summed E-state index contributed by atoms with van der Waals surface area (Å²) in [6.45, 7) is 0. The Morgan fingerprint density at radius 3 is 2.94 bits per heavy atom. The van der Waals surface area contributed by atoms with Crippen LogP contribution in [0.1, 0.15) is 0 Å². The Kier molecular flexibility index (Phi) is 2.82. The molecule has 2 rings (SSSR count).